The first-order valence-electron chi connectivity index (χ1n) is 5.78. The van der Waals surface area contributed by atoms with Crippen molar-refractivity contribution < 1.29 is 19.8 Å². The average molecular weight is 267 g/mol. The highest BCUT2D eigenvalue weighted by Gasteiger charge is 2.21. The van der Waals surface area contributed by atoms with E-state index >= 15 is 0 Å². The minimum absolute atomic E-state index is 0.0236. The number of pyridine rings is 1. The topological polar surface area (TPSA) is 103 Å². The number of hydrogen-bond donors (Lipinski definition) is 3. The number of aliphatic carboxylic acids is 1. The summed E-state index contributed by atoms with van der Waals surface area (Å²) >= 11 is 0. The van der Waals surface area contributed by atoms with Crippen LogP contribution in [0.5, 0.6) is 0 Å². The number of amides is 2. The molecule has 0 radical (unpaired) electrons. The third-order valence-electron chi connectivity index (χ3n) is 2.53. The molecule has 1 heterocycles. The molecule has 0 aliphatic heterocycles. The molecule has 19 heavy (non-hydrogen) atoms. The lowest BCUT2D eigenvalue weighted by Gasteiger charge is -2.21. The molecule has 0 unspecified atom stereocenters. The van der Waals surface area contributed by atoms with Crippen LogP contribution in [-0.4, -0.2) is 51.8 Å². The van der Waals surface area contributed by atoms with E-state index in [1.807, 2.05) is 0 Å². The molecule has 7 nitrogen and oxygen atoms in total. The van der Waals surface area contributed by atoms with Gasteiger partial charge in [0.15, 0.2) is 0 Å². The summed E-state index contributed by atoms with van der Waals surface area (Å²) in [5, 5.41) is 20.0. The van der Waals surface area contributed by atoms with E-state index in [4.69, 9.17) is 10.2 Å². The van der Waals surface area contributed by atoms with Crippen LogP contribution < -0.4 is 5.32 Å². The molecule has 0 saturated carbocycles. The fourth-order valence-corrected chi connectivity index (χ4v) is 1.48. The quantitative estimate of drug-likeness (QED) is 0.676. The lowest BCUT2D eigenvalue weighted by molar-refractivity contribution is -0.139. The molecule has 0 fully saturated rings. The van der Waals surface area contributed by atoms with Crippen molar-refractivity contribution >= 4 is 12.0 Å². The third-order valence-corrected chi connectivity index (χ3v) is 2.53. The van der Waals surface area contributed by atoms with E-state index < -0.39 is 18.0 Å². The number of hydrogen-bond acceptors (Lipinski definition) is 4. The van der Waals surface area contributed by atoms with Crippen molar-refractivity contribution in [1.82, 2.24) is 15.2 Å². The van der Waals surface area contributed by atoms with Gasteiger partial charge >= 0.3 is 12.0 Å². The van der Waals surface area contributed by atoms with E-state index in [2.05, 4.69) is 10.3 Å². The Morgan fingerprint density at radius 3 is 2.58 bits per heavy atom. The number of carbonyl (C=O) groups is 2. The lowest BCUT2D eigenvalue weighted by atomic mass is 10.2. The van der Waals surface area contributed by atoms with Gasteiger partial charge in [0, 0.05) is 39.0 Å². The molecule has 1 aromatic heterocycles. The van der Waals surface area contributed by atoms with Crippen LogP contribution in [0.3, 0.4) is 0 Å². The Morgan fingerprint density at radius 1 is 1.42 bits per heavy atom. The number of rotatable bonds is 6. The number of nitrogens with one attached hydrogen (secondary N) is 1. The van der Waals surface area contributed by atoms with Crippen molar-refractivity contribution in [2.75, 3.05) is 13.7 Å². The van der Waals surface area contributed by atoms with Gasteiger partial charge in [-0.1, -0.05) is 0 Å². The highest BCUT2D eigenvalue weighted by atomic mass is 16.4. The van der Waals surface area contributed by atoms with E-state index in [1.165, 1.54) is 4.90 Å². The summed E-state index contributed by atoms with van der Waals surface area (Å²) in [7, 11) is 1.56. The number of carbonyl (C=O) groups excluding carboxylic acids is 1. The van der Waals surface area contributed by atoms with Crippen molar-refractivity contribution in [1.29, 1.82) is 0 Å². The summed E-state index contributed by atoms with van der Waals surface area (Å²) in [6.07, 6.45) is 3.21. The first kappa shape index (κ1) is 14.9. The minimum Gasteiger partial charge on any atom is -0.480 e. The molecular weight excluding hydrogens is 250 g/mol. The van der Waals surface area contributed by atoms with Gasteiger partial charge < -0.3 is 20.4 Å². The van der Waals surface area contributed by atoms with Gasteiger partial charge in [-0.15, -0.1) is 0 Å². The van der Waals surface area contributed by atoms with Gasteiger partial charge in [0.1, 0.15) is 6.04 Å². The highest BCUT2D eigenvalue weighted by Crippen LogP contribution is 2.02. The number of aliphatic hydroxyl groups excluding tert-OH is 1. The van der Waals surface area contributed by atoms with Gasteiger partial charge in [-0.05, 0) is 17.7 Å². The van der Waals surface area contributed by atoms with Crippen LogP contribution in [0.4, 0.5) is 4.79 Å². The zero-order chi connectivity index (χ0) is 14.3. The maximum absolute atomic E-state index is 11.8. The maximum Gasteiger partial charge on any atom is 0.326 e. The number of aromatic nitrogens is 1. The Labute approximate surface area is 110 Å². The molecule has 2 amide bonds. The van der Waals surface area contributed by atoms with E-state index in [0.29, 0.717) is 6.54 Å². The molecule has 0 bridgehead atoms. The molecule has 1 aromatic rings. The molecule has 1 rings (SSSR count). The first-order chi connectivity index (χ1) is 9.04. The zero-order valence-electron chi connectivity index (χ0n) is 10.6. The predicted molar refractivity (Wildman–Crippen MR) is 67.4 cm³/mol. The van der Waals surface area contributed by atoms with Crippen molar-refractivity contribution in [3.63, 3.8) is 0 Å². The largest absolute Gasteiger partial charge is 0.480 e. The molecule has 0 saturated heterocycles. The fraction of sp³-hybridized carbons (Fsp3) is 0.417. The van der Waals surface area contributed by atoms with E-state index in [-0.39, 0.29) is 13.0 Å². The van der Waals surface area contributed by atoms with Crippen LogP contribution in [0.25, 0.3) is 0 Å². The molecule has 0 aromatic carbocycles. The second-order valence-electron chi connectivity index (χ2n) is 4.06. The molecule has 0 aliphatic rings. The standard InChI is InChI=1S/C12H17N3O4/c1-15(8-9-2-5-13-6-3-9)12(19)14-10(4-7-16)11(17)18/h2-3,5-6,10,16H,4,7-8H2,1H3,(H,14,19)(H,17,18)/t10-/m1/s1. The molecular formula is C12H17N3O4. The summed E-state index contributed by atoms with van der Waals surface area (Å²) < 4.78 is 0. The summed E-state index contributed by atoms with van der Waals surface area (Å²) in [4.78, 5) is 27.9. The van der Waals surface area contributed by atoms with E-state index in [9.17, 15) is 9.59 Å². The van der Waals surface area contributed by atoms with Gasteiger partial charge in [0.05, 0.1) is 0 Å². The van der Waals surface area contributed by atoms with E-state index in [1.54, 1.807) is 31.6 Å². The molecule has 0 aliphatic carbocycles. The second-order valence-corrected chi connectivity index (χ2v) is 4.06. The van der Waals surface area contributed by atoms with Crippen molar-refractivity contribution in [3.8, 4) is 0 Å². The van der Waals surface area contributed by atoms with Crippen LogP contribution in [0.1, 0.15) is 12.0 Å². The summed E-state index contributed by atoms with van der Waals surface area (Å²) in [5.41, 5.74) is 0.890. The Balaban J connectivity index is 2.54. The Kier molecular flexibility index (Phi) is 5.74. The van der Waals surface area contributed by atoms with Gasteiger partial charge in [0.25, 0.3) is 0 Å². The molecule has 1 atom stereocenters. The van der Waals surface area contributed by atoms with Crippen molar-refractivity contribution in [2.24, 2.45) is 0 Å². The third kappa shape index (κ3) is 4.92. The number of carboxylic acid groups (broad SMARTS) is 1. The van der Waals surface area contributed by atoms with Gasteiger partial charge in [-0.2, -0.15) is 0 Å². The van der Waals surface area contributed by atoms with Crippen LogP contribution in [0.2, 0.25) is 0 Å². The van der Waals surface area contributed by atoms with Crippen LogP contribution >= 0.6 is 0 Å². The normalized spacial score (nSPS) is 11.7. The van der Waals surface area contributed by atoms with Crippen molar-refractivity contribution in [3.05, 3.63) is 30.1 Å². The Hall–Kier alpha value is -2.15. The number of carboxylic acids is 1. The molecule has 7 heteroatoms. The Bertz CT molecular complexity index is 424. The second kappa shape index (κ2) is 7.32. The maximum atomic E-state index is 11.8. The van der Waals surface area contributed by atoms with Gasteiger partial charge in [-0.3, -0.25) is 4.98 Å². The number of urea groups is 1. The van der Waals surface area contributed by atoms with E-state index in [0.717, 1.165) is 5.56 Å². The zero-order valence-corrected chi connectivity index (χ0v) is 10.6. The SMILES string of the molecule is CN(Cc1ccncc1)C(=O)N[C@H](CCO)C(=O)O. The van der Waals surface area contributed by atoms with Crippen LogP contribution in [0, 0.1) is 0 Å². The summed E-state index contributed by atoms with van der Waals surface area (Å²) in [6, 6.07) is 1.95. The molecule has 3 N–H and O–H groups in total. The number of aliphatic hydroxyl groups is 1. The smallest absolute Gasteiger partial charge is 0.326 e. The van der Waals surface area contributed by atoms with Gasteiger partial charge in [-0.25, -0.2) is 9.59 Å². The van der Waals surface area contributed by atoms with Crippen molar-refractivity contribution in [2.45, 2.75) is 19.0 Å². The summed E-state index contributed by atoms with van der Waals surface area (Å²) in [5.74, 6) is -1.17. The molecule has 0 spiro atoms. The predicted octanol–water partition coefficient (Wildman–Crippen LogP) is 0.0586. The highest BCUT2D eigenvalue weighted by molar-refractivity contribution is 5.82. The minimum atomic E-state index is -1.17. The van der Waals surface area contributed by atoms with Crippen LogP contribution in [-0.2, 0) is 11.3 Å². The fourth-order valence-electron chi connectivity index (χ4n) is 1.48. The first-order valence-corrected chi connectivity index (χ1v) is 5.78. The van der Waals surface area contributed by atoms with Crippen LogP contribution in [0.15, 0.2) is 24.5 Å². The van der Waals surface area contributed by atoms with Gasteiger partial charge in [0.2, 0.25) is 0 Å². The summed E-state index contributed by atoms with van der Waals surface area (Å²) in [6.45, 7) is 0.0468. The Morgan fingerprint density at radius 2 is 2.05 bits per heavy atom. The lowest BCUT2D eigenvalue weighted by Crippen LogP contribution is -2.46. The average Bonchev–Trinajstić information content (AvgIpc) is 2.39. The monoisotopic (exact) mass is 267 g/mol. The molecule has 104 valence electrons. The number of nitrogens with zero attached hydrogens (tertiary/aromatic N) is 2.